The molecule has 0 bridgehead atoms. The fraction of sp³-hybridized carbons (Fsp3) is 0.167. The first-order chi connectivity index (χ1) is 16.9. The molecule has 0 aliphatic heterocycles. The van der Waals surface area contributed by atoms with Gasteiger partial charge < -0.3 is 24.3 Å². The van der Waals surface area contributed by atoms with Gasteiger partial charge in [0, 0.05) is 11.3 Å². The number of carbonyl (C=O) groups is 1. The summed E-state index contributed by atoms with van der Waals surface area (Å²) in [6, 6.07) is 15.9. The van der Waals surface area contributed by atoms with Crippen molar-refractivity contribution < 1.29 is 23.7 Å². The van der Waals surface area contributed by atoms with Gasteiger partial charge in [0.25, 0.3) is 5.91 Å². The number of hydrogen-bond donors (Lipinski definition) is 2. The number of amides is 1. The highest BCUT2D eigenvalue weighted by Crippen LogP contribution is 2.38. The molecule has 0 aliphatic carbocycles. The highest BCUT2D eigenvalue weighted by atomic mass is 32.1. The molecule has 3 aromatic carbocycles. The Morgan fingerprint density at radius 1 is 0.829 bits per heavy atom. The van der Waals surface area contributed by atoms with E-state index >= 15 is 0 Å². The van der Waals surface area contributed by atoms with Crippen LogP contribution < -0.4 is 29.6 Å². The van der Waals surface area contributed by atoms with Crippen LogP contribution >= 0.6 is 12.2 Å². The lowest BCUT2D eigenvalue weighted by atomic mass is 10.1. The van der Waals surface area contributed by atoms with E-state index in [1.807, 2.05) is 30.3 Å². The first kappa shape index (κ1) is 23.8. The first-order valence-corrected chi connectivity index (χ1v) is 10.8. The van der Waals surface area contributed by atoms with E-state index in [-0.39, 0.29) is 5.11 Å². The van der Waals surface area contributed by atoms with E-state index in [2.05, 4.69) is 20.8 Å². The maximum atomic E-state index is 12.8. The van der Waals surface area contributed by atoms with Gasteiger partial charge >= 0.3 is 0 Å². The van der Waals surface area contributed by atoms with Crippen molar-refractivity contribution in [2.45, 2.75) is 0 Å². The SMILES string of the molecule is COc1ccc(-n2nc3ccc(NC(=S)NC(=O)c4cc(OC)c(OC)c(OC)c4)cc3n2)cc1. The van der Waals surface area contributed by atoms with Gasteiger partial charge in [-0.15, -0.1) is 10.2 Å². The summed E-state index contributed by atoms with van der Waals surface area (Å²) in [5, 5.41) is 14.8. The van der Waals surface area contributed by atoms with E-state index < -0.39 is 5.91 Å². The lowest BCUT2D eigenvalue weighted by Gasteiger charge is -2.14. The molecule has 0 unspecified atom stereocenters. The van der Waals surface area contributed by atoms with Gasteiger partial charge in [-0.2, -0.15) is 4.80 Å². The van der Waals surface area contributed by atoms with Gasteiger partial charge in [-0.25, -0.2) is 0 Å². The Morgan fingerprint density at radius 2 is 1.49 bits per heavy atom. The molecule has 4 aromatic rings. The van der Waals surface area contributed by atoms with Crippen LogP contribution in [-0.2, 0) is 0 Å². The highest BCUT2D eigenvalue weighted by Gasteiger charge is 2.18. The largest absolute Gasteiger partial charge is 0.497 e. The smallest absolute Gasteiger partial charge is 0.257 e. The molecule has 0 saturated heterocycles. The van der Waals surface area contributed by atoms with Gasteiger partial charge in [0.15, 0.2) is 16.6 Å². The molecule has 0 fully saturated rings. The Balaban J connectivity index is 1.48. The number of hydrogen-bond acceptors (Lipinski definition) is 8. The predicted octanol–water partition coefficient (Wildman–Crippen LogP) is 3.58. The Morgan fingerprint density at radius 3 is 2.09 bits per heavy atom. The molecule has 0 saturated carbocycles. The summed E-state index contributed by atoms with van der Waals surface area (Å²) in [6.45, 7) is 0. The molecule has 0 spiro atoms. The number of aromatic nitrogens is 3. The zero-order valence-corrected chi connectivity index (χ0v) is 20.3. The molecule has 11 heteroatoms. The van der Waals surface area contributed by atoms with Crippen LogP contribution in [0.2, 0.25) is 0 Å². The maximum Gasteiger partial charge on any atom is 0.257 e. The number of thiocarbonyl (C=S) groups is 1. The third kappa shape index (κ3) is 5.09. The lowest BCUT2D eigenvalue weighted by Crippen LogP contribution is -2.34. The minimum absolute atomic E-state index is 0.116. The minimum Gasteiger partial charge on any atom is -0.497 e. The molecular weight excluding hydrogens is 470 g/mol. The van der Waals surface area contributed by atoms with Crippen molar-refractivity contribution >= 4 is 40.0 Å². The molecule has 4 rings (SSSR count). The molecule has 0 aliphatic rings. The zero-order valence-electron chi connectivity index (χ0n) is 19.5. The van der Waals surface area contributed by atoms with Crippen molar-refractivity contribution in [1.29, 1.82) is 0 Å². The normalized spacial score (nSPS) is 10.5. The van der Waals surface area contributed by atoms with Crippen LogP contribution in [0.1, 0.15) is 10.4 Å². The fourth-order valence-corrected chi connectivity index (χ4v) is 3.58. The van der Waals surface area contributed by atoms with E-state index in [0.29, 0.717) is 39.5 Å². The standard InChI is InChI=1S/C24H23N5O5S/c1-31-17-8-6-16(7-9-17)29-27-18-10-5-15(13-19(18)28-29)25-24(35)26-23(30)14-11-20(32-2)22(34-4)21(12-14)33-3/h5-13H,1-4H3,(H2,25,26,30,35). The third-order valence-electron chi connectivity index (χ3n) is 5.10. The van der Waals surface area contributed by atoms with Crippen molar-refractivity contribution in [3.05, 3.63) is 60.2 Å². The number of ether oxygens (including phenoxy) is 4. The van der Waals surface area contributed by atoms with Crippen LogP contribution in [-0.4, -0.2) is 54.5 Å². The first-order valence-electron chi connectivity index (χ1n) is 10.4. The Hall–Kier alpha value is -4.38. The Kier molecular flexibility index (Phi) is 6.97. The summed E-state index contributed by atoms with van der Waals surface area (Å²) in [7, 11) is 6.06. The number of nitrogens with one attached hydrogen (secondary N) is 2. The summed E-state index contributed by atoms with van der Waals surface area (Å²) in [6.07, 6.45) is 0. The summed E-state index contributed by atoms with van der Waals surface area (Å²) in [5.41, 5.74) is 3.10. The van der Waals surface area contributed by atoms with Crippen molar-refractivity contribution in [1.82, 2.24) is 20.3 Å². The maximum absolute atomic E-state index is 12.8. The third-order valence-corrected chi connectivity index (χ3v) is 5.30. The van der Waals surface area contributed by atoms with Crippen LogP contribution in [0, 0.1) is 0 Å². The molecule has 1 heterocycles. The summed E-state index contributed by atoms with van der Waals surface area (Å²) < 4.78 is 21.1. The number of anilines is 1. The minimum atomic E-state index is -0.437. The van der Waals surface area contributed by atoms with Crippen LogP contribution in [0.15, 0.2) is 54.6 Å². The number of nitrogens with zero attached hydrogens (tertiary/aromatic N) is 3. The van der Waals surface area contributed by atoms with Gasteiger partial charge in [-0.05, 0) is 66.8 Å². The summed E-state index contributed by atoms with van der Waals surface area (Å²) >= 11 is 5.33. The van der Waals surface area contributed by atoms with Gasteiger partial charge in [-0.3, -0.25) is 10.1 Å². The van der Waals surface area contributed by atoms with E-state index in [1.165, 1.54) is 21.3 Å². The highest BCUT2D eigenvalue weighted by molar-refractivity contribution is 7.80. The number of carbonyl (C=O) groups excluding carboxylic acids is 1. The zero-order chi connectivity index (χ0) is 24.9. The number of methoxy groups -OCH3 is 4. The van der Waals surface area contributed by atoms with Gasteiger partial charge in [-0.1, -0.05) is 0 Å². The second-order valence-corrected chi connectivity index (χ2v) is 7.62. The number of benzene rings is 3. The van der Waals surface area contributed by atoms with Crippen molar-refractivity contribution in [3.63, 3.8) is 0 Å². The Bertz CT molecular complexity index is 1360. The van der Waals surface area contributed by atoms with E-state index in [4.69, 9.17) is 31.2 Å². The van der Waals surface area contributed by atoms with Crippen LogP contribution in [0.5, 0.6) is 23.0 Å². The van der Waals surface area contributed by atoms with Crippen molar-refractivity contribution in [2.24, 2.45) is 0 Å². The van der Waals surface area contributed by atoms with Crippen molar-refractivity contribution in [2.75, 3.05) is 33.8 Å². The second kappa shape index (κ2) is 10.3. The van der Waals surface area contributed by atoms with Crippen LogP contribution in [0.3, 0.4) is 0 Å². The van der Waals surface area contributed by atoms with Gasteiger partial charge in [0.1, 0.15) is 16.8 Å². The quantitative estimate of drug-likeness (QED) is 0.373. The summed E-state index contributed by atoms with van der Waals surface area (Å²) in [5.74, 6) is 1.43. The molecule has 35 heavy (non-hydrogen) atoms. The van der Waals surface area contributed by atoms with Crippen LogP contribution in [0.4, 0.5) is 5.69 Å². The molecule has 180 valence electrons. The molecule has 10 nitrogen and oxygen atoms in total. The molecular formula is C24H23N5O5S. The average molecular weight is 494 g/mol. The van der Waals surface area contributed by atoms with E-state index in [9.17, 15) is 4.79 Å². The lowest BCUT2D eigenvalue weighted by molar-refractivity contribution is 0.0977. The average Bonchev–Trinajstić information content (AvgIpc) is 3.31. The van der Waals surface area contributed by atoms with E-state index in [0.717, 1.165) is 11.4 Å². The number of fused-ring (bicyclic) bond motifs is 1. The molecule has 0 radical (unpaired) electrons. The van der Waals surface area contributed by atoms with E-state index in [1.54, 1.807) is 36.2 Å². The topological polar surface area (TPSA) is 109 Å². The fourth-order valence-electron chi connectivity index (χ4n) is 3.37. The molecule has 2 N–H and O–H groups in total. The Labute approximate surface area is 206 Å². The van der Waals surface area contributed by atoms with Gasteiger partial charge in [0.05, 0.1) is 34.1 Å². The van der Waals surface area contributed by atoms with Crippen LogP contribution in [0.25, 0.3) is 16.7 Å². The van der Waals surface area contributed by atoms with Crippen molar-refractivity contribution in [3.8, 4) is 28.7 Å². The molecule has 1 amide bonds. The molecule has 1 aromatic heterocycles. The monoisotopic (exact) mass is 493 g/mol. The molecule has 0 atom stereocenters. The van der Waals surface area contributed by atoms with Gasteiger partial charge in [0.2, 0.25) is 5.75 Å². The number of rotatable bonds is 7. The summed E-state index contributed by atoms with van der Waals surface area (Å²) in [4.78, 5) is 14.3. The predicted molar refractivity (Wildman–Crippen MR) is 135 cm³/mol. The second-order valence-electron chi connectivity index (χ2n) is 7.21.